The van der Waals surface area contributed by atoms with E-state index < -0.39 is 5.97 Å². The molecule has 1 N–H and O–H groups in total. The Morgan fingerprint density at radius 1 is 1.22 bits per heavy atom. The van der Waals surface area contributed by atoms with E-state index in [4.69, 9.17) is 5.11 Å². The van der Waals surface area contributed by atoms with Crippen LogP contribution in [0.15, 0.2) is 42.6 Å². The van der Waals surface area contributed by atoms with E-state index in [0.29, 0.717) is 25.2 Å². The molecule has 1 aromatic heterocycles. The maximum Gasteiger partial charge on any atom is 0.306 e. The predicted molar refractivity (Wildman–Crippen MR) is 84.4 cm³/mol. The number of aliphatic carboxylic acids is 1. The minimum atomic E-state index is -0.780. The molecular weight excluding hydrogens is 294 g/mol. The predicted octanol–water partition coefficient (Wildman–Crippen LogP) is 2.06. The van der Waals surface area contributed by atoms with E-state index in [-0.39, 0.29) is 17.7 Å². The molecule has 1 saturated heterocycles. The molecular formula is C17H19N3O3. The molecule has 1 aliphatic heterocycles. The summed E-state index contributed by atoms with van der Waals surface area (Å²) in [7, 11) is 0. The third-order valence-electron chi connectivity index (χ3n) is 4.34. The third-order valence-corrected chi connectivity index (χ3v) is 4.34. The number of rotatable bonds is 3. The second-order valence-corrected chi connectivity index (χ2v) is 5.94. The number of amides is 1. The maximum absolute atomic E-state index is 12.6. The fourth-order valence-corrected chi connectivity index (χ4v) is 3.02. The highest BCUT2D eigenvalue weighted by molar-refractivity contribution is 5.92. The Balaban J connectivity index is 1.72. The monoisotopic (exact) mass is 313 g/mol. The molecule has 23 heavy (non-hydrogen) atoms. The van der Waals surface area contributed by atoms with E-state index >= 15 is 0 Å². The van der Waals surface area contributed by atoms with Gasteiger partial charge in [-0.15, -0.1) is 0 Å². The topological polar surface area (TPSA) is 75.4 Å². The van der Waals surface area contributed by atoms with Gasteiger partial charge in [-0.3, -0.25) is 9.59 Å². The summed E-state index contributed by atoms with van der Waals surface area (Å²) in [6, 6.07) is 11.3. The molecule has 0 aliphatic carbocycles. The Kier molecular flexibility index (Phi) is 4.14. The van der Waals surface area contributed by atoms with Crippen molar-refractivity contribution in [3.8, 4) is 5.69 Å². The number of carbonyl (C=O) groups is 2. The molecule has 2 aromatic rings. The molecule has 1 aliphatic rings. The van der Waals surface area contributed by atoms with Gasteiger partial charge < -0.3 is 10.0 Å². The molecule has 0 radical (unpaired) electrons. The number of carboxylic acids is 1. The standard InChI is InChI=1S/C17H19N3O3/c1-12-11-19(9-7-14(12)17(22)23)16(21)15-8-10-20(18-15)13-5-3-2-4-6-13/h2-6,8,10,12,14H,7,9,11H2,1H3,(H,22,23)/t12-,14+/m1/s1. The first-order valence-electron chi connectivity index (χ1n) is 7.69. The number of hydrogen-bond donors (Lipinski definition) is 1. The summed E-state index contributed by atoms with van der Waals surface area (Å²) < 4.78 is 1.67. The lowest BCUT2D eigenvalue weighted by Crippen LogP contribution is -2.45. The molecule has 6 nitrogen and oxygen atoms in total. The lowest BCUT2D eigenvalue weighted by Gasteiger charge is -2.34. The number of benzene rings is 1. The minimum absolute atomic E-state index is 0.0543. The smallest absolute Gasteiger partial charge is 0.306 e. The fraction of sp³-hybridized carbons (Fsp3) is 0.353. The van der Waals surface area contributed by atoms with Crippen molar-refractivity contribution in [2.24, 2.45) is 11.8 Å². The van der Waals surface area contributed by atoms with E-state index in [9.17, 15) is 9.59 Å². The number of nitrogens with zero attached hydrogens (tertiary/aromatic N) is 3. The zero-order valence-corrected chi connectivity index (χ0v) is 12.9. The summed E-state index contributed by atoms with van der Waals surface area (Å²) in [5, 5.41) is 13.5. The summed E-state index contributed by atoms with van der Waals surface area (Å²) in [4.78, 5) is 25.4. The molecule has 0 spiro atoms. The summed E-state index contributed by atoms with van der Waals surface area (Å²) in [6.07, 6.45) is 2.25. The van der Waals surface area contributed by atoms with Gasteiger partial charge in [0.25, 0.3) is 5.91 Å². The first-order valence-corrected chi connectivity index (χ1v) is 7.69. The quantitative estimate of drug-likeness (QED) is 0.941. The molecule has 1 fully saturated rings. The van der Waals surface area contributed by atoms with Gasteiger partial charge >= 0.3 is 5.97 Å². The van der Waals surface area contributed by atoms with Crippen molar-refractivity contribution in [1.82, 2.24) is 14.7 Å². The van der Waals surface area contributed by atoms with Gasteiger partial charge in [0, 0.05) is 19.3 Å². The molecule has 1 amide bonds. The highest BCUT2D eigenvalue weighted by Crippen LogP contribution is 2.24. The highest BCUT2D eigenvalue weighted by Gasteiger charge is 2.33. The summed E-state index contributed by atoms with van der Waals surface area (Å²) in [6.45, 7) is 2.78. The molecule has 0 unspecified atom stereocenters. The Labute approximate surface area is 134 Å². The second kappa shape index (κ2) is 6.24. The van der Waals surface area contributed by atoms with Gasteiger partial charge in [0.05, 0.1) is 11.6 Å². The average Bonchev–Trinajstić information content (AvgIpc) is 3.04. The molecule has 0 bridgehead atoms. The van der Waals surface area contributed by atoms with Crippen molar-refractivity contribution in [2.45, 2.75) is 13.3 Å². The number of likely N-dealkylation sites (tertiary alicyclic amines) is 1. The molecule has 3 rings (SSSR count). The van der Waals surface area contributed by atoms with E-state index in [1.807, 2.05) is 37.3 Å². The lowest BCUT2D eigenvalue weighted by molar-refractivity contribution is -0.145. The van der Waals surface area contributed by atoms with Crippen molar-refractivity contribution in [2.75, 3.05) is 13.1 Å². The Morgan fingerprint density at radius 3 is 2.61 bits per heavy atom. The van der Waals surface area contributed by atoms with Crippen molar-refractivity contribution in [3.63, 3.8) is 0 Å². The van der Waals surface area contributed by atoms with Gasteiger partial charge in [-0.2, -0.15) is 5.10 Å². The molecule has 6 heteroatoms. The average molecular weight is 313 g/mol. The van der Waals surface area contributed by atoms with Crippen LogP contribution >= 0.6 is 0 Å². The summed E-state index contributed by atoms with van der Waals surface area (Å²) >= 11 is 0. The Hall–Kier alpha value is -2.63. The normalized spacial score (nSPS) is 21.2. The number of aromatic nitrogens is 2. The van der Waals surface area contributed by atoms with Crippen LogP contribution < -0.4 is 0 Å². The first kappa shape index (κ1) is 15.3. The molecule has 2 heterocycles. The van der Waals surface area contributed by atoms with Gasteiger partial charge in [0.1, 0.15) is 0 Å². The number of hydrogen-bond acceptors (Lipinski definition) is 3. The molecule has 2 atom stereocenters. The van der Waals surface area contributed by atoms with Gasteiger partial charge in [-0.25, -0.2) is 4.68 Å². The van der Waals surface area contributed by atoms with Crippen LogP contribution in [0.25, 0.3) is 5.69 Å². The lowest BCUT2D eigenvalue weighted by atomic mass is 9.87. The van der Waals surface area contributed by atoms with E-state index in [0.717, 1.165) is 5.69 Å². The number of carboxylic acid groups (broad SMARTS) is 1. The van der Waals surface area contributed by atoms with E-state index in [1.165, 1.54) is 0 Å². The Bertz CT molecular complexity index is 711. The number of piperidine rings is 1. The van der Waals surface area contributed by atoms with Crippen LogP contribution in [-0.2, 0) is 4.79 Å². The zero-order valence-electron chi connectivity index (χ0n) is 12.9. The van der Waals surface area contributed by atoms with E-state index in [1.54, 1.807) is 21.8 Å². The van der Waals surface area contributed by atoms with Gasteiger partial charge in [0.2, 0.25) is 0 Å². The zero-order chi connectivity index (χ0) is 16.4. The summed E-state index contributed by atoms with van der Waals surface area (Å²) in [5.41, 5.74) is 1.28. The minimum Gasteiger partial charge on any atom is -0.481 e. The Morgan fingerprint density at radius 2 is 1.96 bits per heavy atom. The van der Waals surface area contributed by atoms with Crippen LogP contribution in [0.2, 0.25) is 0 Å². The van der Waals surface area contributed by atoms with Crippen LogP contribution in [0.1, 0.15) is 23.8 Å². The number of carbonyl (C=O) groups excluding carboxylic acids is 1. The van der Waals surface area contributed by atoms with Crippen LogP contribution in [0.4, 0.5) is 0 Å². The fourth-order valence-electron chi connectivity index (χ4n) is 3.02. The van der Waals surface area contributed by atoms with Crippen LogP contribution in [0.3, 0.4) is 0 Å². The van der Waals surface area contributed by atoms with Crippen molar-refractivity contribution >= 4 is 11.9 Å². The first-order chi connectivity index (χ1) is 11.1. The third kappa shape index (κ3) is 3.11. The van der Waals surface area contributed by atoms with Gasteiger partial charge in [0.15, 0.2) is 5.69 Å². The van der Waals surface area contributed by atoms with E-state index in [2.05, 4.69) is 5.10 Å². The SMILES string of the molecule is C[C@@H]1CN(C(=O)c2ccn(-c3ccccc3)n2)CC[C@@H]1C(=O)O. The van der Waals surface area contributed by atoms with Gasteiger partial charge in [-0.05, 0) is 30.5 Å². The van der Waals surface area contributed by atoms with Crippen LogP contribution in [0, 0.1) is 11.8 Å². The van der Waals surface area contributed by atoms with Crippen LogP contribution in [0.5, 0.6) is 0 Å². The largest absolute Gasteiger partial charge is 0.481 e. The molecule has 120 valence electrons. The number of para-hydroxylation sites is 1. The molecule has 0 saturated carbocycles. The highest BCUT2D eigenvalue weighted by atomic mass is 16.4. The maximum atomic E-state index is 12.6. The second-order valence-electron chi connectivity index (χ2n) is 5.94. The van der Waals surface area contributed by atoms with Crippen molar-refractivity contribution in [3.05, 3.63) is 48.3 Å². The van der Waals surface area contributed by atoms with Crippen molar-refractivity contribution < 1.29 is 14.7 Å². The summed E-state index contributed by atoms with van der Waals surface area (Å²) in [5.74, 6) is -1.35. The van der Waals surface area contributed by atoms with Crippen LogP contribution in [-0.4, -0.2) is 44.8 Å². The molecule has 1 aromatic carbocycles. The van der Waals surface area contributed by atoms with Gasteiger partial charge in [-0.1, -0.05) is 25.1 Å². The van der Waals surface area contributed by atoms with Crippen molar-refractivity contribution in [1.29, 1.82) is 0 Å².